The molecule has 1 saturated carbocycles. The molecule has 1 N–H and O–H groups in total. The summed E-state index contributed by atoms with van der Waals surface area (Å²) < 4.78 is 15.8. The fourth-order valence-corrected chi connectivity index (χ4v) is 1.93. The molecule has 3 atom stereocenters. The van der Waals surface area contributed by atoms with Crippen LogP contribution in [0.25, 0.3) is 0 Å². The second kappa shape index (κ2) is 6.60. The molecular formula is C12H16N2O6. The molecule has 1 fully saturated rings. The molecule has 1 heterocycles. The molecule has 1 aliphatic rings. The SMILES string of the molecule is COCCOC1C(O)CC1Oc1cccnc1[N+](=O)[O-]. The third kappa shape index (κ3) is 3.21. The standard InChI is InChI=1S/C12H16N2O6/c1-18-5-6-19-11-8(15)7-10(11)20-9-3-2-4-13-12(9)14(16)17/h2-4,8,10-11,15H,5-7H2,1H3. The van der Waals surface area contributed by atoms with Gasteiger partial charge in [0.2, 0.25) is 5.75 Å². The number of methoxy groups -OCH3 is 1. The molecule has 2 rings (SSSR count). The van der Waals surface area contributed by atoms with Gasteiger partial charge in [-0.15, -0.1) is 0 Å². The van der Waals surface area contributed by atoms with E-state index in [2.05, 4.69) is 4.98 Å². The lowest BCUT2D eigenvalue weighted by atomic mass is 9.88. The summed E-state index contributed by atoms with van der Waals surface area (Å²) in [5.74, 6) is -0.265. The molecule has 8 heteroatoms. The lowest BCUT2D eigenvalue weighted by Gasteiger charge is -2.40. The van der Waals surface area contributed by atoms with E-state index in [0.717, 1.165) is 0 Å². The number of nitrogens with zero attached hydrogens (tertiary/aromatic N) is 2. The topological polar surface area (TPSA) is 104 Å². The average Bonchev–Trinajstić information content (AvgIpc) is 2.43. The highest BCUT2D eigenvalue weighted by atomic mass is 16.6. The second-order valence-corrected chi connectivity index (χ2v) is 4.37. The molecule has 0 saturated heterocycles. The van der Waals surface area contributed by atoms with E-state index in [9.17, 15) is 15.2 Å². The summed E-state index contributed by atoms with van der Waals surface area (Å²) in [4.78, 5) is 13.9. The van der Waals surface area contributed by atoms with E-state index in [0.29, 0.717) is 19.6 Å². The van der Waals surface area contributed by atoms with Crippen molar-refractivity contribution in [2.24, 2.45) is 0 Å². The van der Waals surface area contributed by atoms with Crippen molar-refractivity contribution in [3.8, 4) is 5.75 Å². The fraction of sp³-hybridized carbons (Fsp3) is 0.583. The molecule has 110 valence electrons. The predicted molar refractivity (Wildman–Crippen MR) is 67.5 cm³/mol. The Balaban J connectivity index is 1.98. The molecule has 1 aromatic rings. The highest BCUT2D eigenvalue weighted by Crippen LogP contribution is 2.32. The minimum Gasteiger partial charge on any atom is -0.479 e. The summed E-state index contributed by atoms with van der Waals surface area (Å²) in [6.07, 6.45) is 0.124. The Morgan fingerprint density at radius 2 is 2.35 bits per heavy atom. The van der Waals surface area contributed by atoms with Crippen molar-refractivity contribution in [1.82, 2.24) is 4.98 Å². The predicted octanol–water partition coefficient (Wildman–Crippen LogP) is 0.533. The summed E-state index contributed by atoms with van der Waals surface area (Å²) in [5, 5.41) is 20.5. The molecule has 0 spiro atoms. The Bertz CT molecular complexity index is 469. The Morgan fingerprint density at radius 3 is 3.00 bits per heavy atom. The third-order valence-electron chi connectivity index (χ3n) is 3.02. The lowest BCUT2D eigenvalue weighted by Crippen LogP contribution is -2.55. The number of aliphatic hydroxyl groups is 1. The Labute approximate surface area is 115 Å². The van der Waals surface area contributed by atoms with Crippen LogP contribution in [0, 0.1) is 10.1 Å². The van der Waals surface area contributed by atoms with Gasteiger partial charge in [0, 0.05) is 13.5 Å². The summed E-state index contributed by atoms with van der Waals surface area (Å²) in [7, 11) is 1.55. The van der Waals surface area contributed by atoms with Crippen LogP contribution in [-0.4, -0.2) is 53.6 Å². The summed E-state index contributed by atoms with van der Waals surface area (Å²) >= 11 is 0. The first-order chi connectivity index (χ1) is 9.63. The zero-order valence-corrected chi connectivity index (χ0v) is 11.0. The van der Waals surface area contributed by atoms with Crippen LogP contribution in [0.5, 0.6) is 5.75 Å². The fourth-order valence-electron chi connectivity index (χ4n) is 1.93. The average molecular weight is 284 g/mol. The van der Waals surface area contributed by atoms with Gasteiger partial charge in [0.25, 0.3) is 0 Å². The third-order valence-corrected chi connectivity index (χ3v) is 3.02. The van der Waals surface area contributed by atoms with Gasteiger partial charge < -0.3 is 29.4 Å². The first-order valence-electron chi connectivity index (χ1n) is 6.18. The van der Waals surface area contributed by atoms with Gasteiger partial charge >= 0.3 is 5.82 Å². The number of ether oxygens (including phenoxy) is 3. The largest absolute Gasteiger partial charge is 0.479 e. The van der Waals surface area contributed by atoms with Gasteiger partial charge in [-0.05, 0) is 22.0 Å². The summed E-state index contributed by atoms with van der Waals surface area (Å²) in [5.41, 5.74) is 0. The van der Waals surface area contributed by atoms with Crippen LogP contribution in [0.3, 0.4) is 0 Å². The van der Waals surface area contributed by atoms with E-state index in [1.165, 1.54) is 12.3 Å². The molecule has 3 unspecified atom stereocenters. The van der Waals surface area contributed by atoms with Crippen LogP contribution in [0.15, 0.2) is 18.3 Å². The van der Waals surface area contributed by atoms with Crippen LogP contribution in [0.1, 0.15) is 6.42 Å². The maximum Gasteiger partial charge on any atom is 0.406 e. The highest BCUT2D eigenvalue weighted by molar-refractivity contribution is 5.38. The van der Waals surface area contributed by atoms with Crippen molar-refractivity contribution in [3.63, 3.8) is 0 Å². The number of hydrogen-bond donors (Lipinski definition) is 1. The van der Waals surface area contributed by atoms with Crippen molar-refractivity contribution in [2.45, 2.75) is 24.7 Å². The Morgan fingerprint density at radius 1 is 1.55 bits per heavy atom. The summed E-state index contributed by atoms with van der Waals surface area (Å²) in [6.45, 7) is 0.732. The van der Waals surface area contributed by atoms with Crippen molar-refractivity contribution < 1.29 is 24.2 Å². The quantitative estimate of drug-likeness (QED) is 0.442. The molecule has 0 bridgehead atoms. The van der Waals surface area contributed by atoms with Crippen molar-refractivity contribution in [1.29, 1.82) is 0 Å². The Hall–Kier alpha value is -1.77. The maximum absolute atomic E-state index is 10.8. The Kier molecular flexibility index (Phi) is 4.83. The number of nitro groups is 1. The zero-order valence-electron chi connectivity index (χ0n) is 11.0. The van der Waals surface area contributed by atoms with Crippen molar-refractivity contribution in [3.05, 3.63) is 28.4 Å². The lowest BCUT2D eigenvalue weighted by molar-refractivity contribution is -0.391. The molecule has 0 aromatic carbocycles. The van der Waals surface area contributed by atoms with E-state index in [1.54, 1.807) is 13.2 Å². The van der Waals surface area contributed by atoms with Crippen LogP contribution in [0.4, 0.5) is 5.82 Å². The van der Waals surface area contributed by atoms with E-state index in [4.69, 9.17) is 14.2 Å². The second-order valence-electron chi connectivity index (χ2n) is 4.37. The highest BCUT2D eigenvalue weighted by Gasteiger charge is 2.43. The van der Waals surface area contributed by atoms with E-state index in [1.807, 2.05) is 0 Å². The zero-order chi connectivity index (χ0) is 14.5. The van der Waals surface area contributed by atoms with E-state index < -0.39 is 23.2 Å². The number of aromatic nitrogens is 1. The summed E-state index contributed by atoms with van der Waals surface area (Å²) in [6, 6.07) is 3.03. The molecule has 20 heavy (non-hydrogen) atoms. The van der Waals surface area contributed by atoms with Gasteiger partial charge in [0.05, 0.1) is 19.3 Å². The van der Waals surface area contributed by atoms with Gasteiger partial charge in [-0.3, -0.25) is 0 Å². The molecular weight excluding hydrogens is 268 g/mol. The van der Waals surface area contributed by atoms with Gasteiger partial charge in [0.15, 0.2) is 0 Å². The number of aliphatic hydroxyl groups excluding tert-OH is 1. The van der Waals surface area contributed by atoms with Gasteiger partial charge in [-0.1, -0.05) is 0 Å². The van der Waals surface area contributed by atoms with Crippen LogP contribution in [0.2, 0.25) is 0 Å². The van der Waals surface area contributed by atoms with Crippen LogP contribution in [-0.2, 0) is 9.47 Å². The minimum atomic E-state index is -0.632. The minimum absolute atomic E-state index is 0.0785. The number of hydrogen-bond acceptors (Lipinski definition) is 7. The van der Waals surface area contributed by atoms with Crippen molar-refractivity contribution >= 4 is 5.82 Å². The molecule has 1 aliphatic carbocycles. The first kappa shape index (κ1) is 14.6. The molecule has 0 aliphatic heterocycles. The normalized spacial score (nSPS) is 25.0. The van der Waals surface area contributed by atoms with Crippen LogP contribution < -0.4 is 4.74 Å². The smallest absolute Gasteiger partial charge is 0.406 e. The van der Waals surface area contributed by atoms with Gasteiger partial charge in [-0.2, -0.15) is 0 Å². The van der Waals surface area contributed by atoms with E-state index in [-0.39, 0.29) is 11.6 Å². The molecule has 0 amide bonds. The maximum atomic E-state index is 10.8. The number of pyridine rings is 1. The first-order valence-corrected chi connectivity index (χ1v) is 6.18. The monoisotopic (exact) mass is 284 g/mol. The van der Waals surface area contributed by atoms with Crippen molar-refractivity contribution in [2.75, 3.05) is 20.3 Å². The van der Waals surface area contributed by atoms with Gasteiger partial charge in [-0.25, -0.2) is 0 Å². The van der Waals surface area contributed by atoms with E-state index >= 15 is 0 Å². The molecule has 0 radical (unpaired) electrons. The van der Waals surface area contributed by atoms with Crippen LogP contribution >= 0.6 is 0 Å². The molecule has 1 aromatic heterocycles. The van der Waals surface area contributed by atoms with Gasteiger partial charge in [0.1, 0.15) is 18.4 Å². The number of rotatable bonds is 7. The molecule has 8 nitrogen and oxygen atoms in total.